The molecule has 2 rings (SSSR count). The van der Waals surface area contributed by atoms with Gasteiger partial charge in [-0.1, -0.05) is 0 Å². The molecule has 0 saturated carbocycles. The van der Waals surface area contributed by atoms with Crippen LogP contribution in [0, 0.1) is 0 Å². The minimum atomic E-state index is -0.814. The molecule has 1 aliphatic rings. The van der Waals surface area contributed by atoms with E-state index in [1.165, 1.54) is 16.1 Å². The van der Waals surface area contributed by atoms with Crippen molar-refractivity contribution >= 4 is 22.7 Å². The first-order valence-electron chi connectivity index (χ1n) is 3.69. The maximum atomic E-state index is 11.4. The molecule has 70 valence electrons. The molecule has 2 heterocycles. The number of aliphatic hydroxyl groups is 1. The monoisotopic (exact) mass is 200 g/mol. The van der Waals surface area contributed by atoms with E-state index in [9.17, 15) is 9.90 Å². The molecule has 1 saturated heterocycles. The van der Waals surface area contributed by atoms with E-state index >= 15 is 0 Å². The van der Waals surface area contributed by atoms with Crippen LogP contribution in [0.1, 0.15) is 0 Å². The van der Waals surface area contributed by atoms with Crippen LogP contribution >= 0.6 is 11.5 Å². The van der Waals surface area contributed by atoms with Gasteiger partial charge in [0.15, 0.2) is 6.23 Å². The van der Waals surface area contributed by atoms with Gasteiger partial charge in [0.2, 0.25) is 5.13 Å². The van der Waals surface area contributed by atoms with Crippen LogP contribution in [0.25, 0.3) is 0 Å². The van der Waals surface area contributed by atoms with E-state index < -0.39 is 6.23 Å². The summed E-state index contributed by atoms with van der Waals surface area (Å²) in [4.78, 5) is 18.0. The SMILES string of the molecule is CN1CC(O)N(c2ncns2)C1=O. The molecular formula is C6H8N4O2S. The predicted molar refractivity (Wildman–Crippen MR) is 46.4 cm³/mol. The van der Waals surface area contributed by atoms with Crippen molar-refractivity contribution in [3.63, 3.8) is 0 Å². The summed E-state index contributed by atoms with van der Waals surface area (Å²) in [5, 5.41) is 9.94. The fourth-order valence-electron chi connectivity index (χ4n) is 1.20. The van der Waals surface area contributed by atoms with Gasteiger partial charge < -0.3 is 10.0 Å². The minimum Gasteiger partial charge on any atom is -0.371 e. The van der Waals surface area contributed by atoms with Gasteiger partial charge in [0.05, 0.1) is 6.54 Å². The molecule has 1 fully saturated rings. The van der Waals surface area contributed by atoms with Crippen LogP contribution in [-0.4, -0.2) is 45.2 Å². The Morgan fingerprint density at radius 3 is 3.00 bits per heavy atom. The Morgan fingerprint density at radius 1 is 1.77 bits per heavy atom. The highest BCUT2D eigenvalue weighted by atomic mass is 32.1. The number of hydrogen-bond donors (Lipinski definition) is 1. The van der Waals surface area contributed by atoms with E-state index in [-0.39, 0.29) is 6.03 Å². The average Bonchev–Trinajstić information content (AvgIpc) is 2.63. The number of carbonyl (C=O) groups is 1. The van der Waals surface area contributed by atoms with Gasteiger partial charge in [0.1, 0.15) is 6.33 Å². The van der Waals surface area contributed by atoms with E-state index in [0.29, 0.717) is 11.7 Å². The summed E-state index contributed by atoms with van der Waals surface area (Å²) < 4.78 is 3.77. The zero-order chi connectivity index (χ0) is 9.42. The zero-order valence-electron chi connectivity index (χ0n) is 6.91. The Balaban J connectivity index is 2.29. The molecule has 7 heteroatoms. The summed E-state index contributed by atoms with van der Waals surface area (Å²) in [6.45, 7) is 0.304. The maximum absolute atomic E-state index is 11.4. The Kier molecular flexibility index (Phi) is 1.89. The van der Waals surface area contributed by atoms with Crippen molar-refractivity contribution < 1.29 is 9.90 Å². The summed E-state index contributed by atoms with van der Waals surface area (Å²) in [6.07, 6.45) is 0.545. The average molecular weight is 200 g/mol. The van der Waals surface area contributed by atoms with E-state index in [1.807, 2.05) is 0 Å². The summed E-state index contributed by atoms with van der Waals surface area (Å²) in [5.41, 5.74) is 0. The molecule has 0 aromatic carbocycles. The van der Waals surface area contributed by atoms with Crippen molar-refractivity contribution in [2.24, 2.45) is 0 Å². The predicted octanol–water partition coefficient (Wildman–Crippen LogP) is -0.272. The van der Waals surface area contributed by atoms with E-state index in [2.05, 4.69) is 9.36 Å². The van der Waals surface area contributed by atoms with E-state index in [0.717, 1.165) is 11.5 Å². The first kappa shape index (κ1) is 8.39. The normalized spacial score (nSPS) is 22.9. The second-order valence-electron chi connectivity index (χ2n) is 2.74. The third kappa shape index (κ3) is 1.25. The van der Waals surface area contributed by atoms with Crippen molar-refractivity contribution in [2.45, 2.75) is 6.23 Å². The second-order valence-corrected chi connectivity index (χ2v) is 3.50. The van der Waals surface area contributed by atoms with Crippen molar-refractivity contribution in [1.29, 1.82) is 0 Å². The third-order valence-corrected chi connectivity index (χ3v) is 2.49. The highest BCUT2D eigenvalue weighted by molar-refractivity contribution is 7.09. The van der Waals surface area contributed by atoms with Gasteiger partial charge in [-0.3, -0.25) is 0 Å². The summed E-state index contributed by atoms with van der Waals surface area (Å²) in [6, 6.07) is -0.246. The van der Waals surface area contributed by atoms with Crippen LogP contribution in [-0.2, 0) is 0 Å². The van der Waals surface area contributed by atoms with Crippen molar-refractivity contribution in [2.75, 3.05) is 18.5 Å². The Labute approximate surface area is 78.6 Å². The molecule has 1 aromatic heterocycles. The Bertz CT molecular complexity index is 314. The van der Waals surface area contributed by atoms with Gasteiger partial charge in [-0.25, -0.2) is 14.7 Å². The number of urea groups is 1. The topological polar surface area (TPSA) is 69.6 Å². The summed E-state index contributed by atoms with van der Waals surface area (Å²) >= 11 is 1.09. The Hall–Kier alpha value is -1.21. The molecule has 1 unspecified atom stereocenters. The lowest BCUT2D eigenvalue weighted by Crippen LogP contribution is -2.33. The highest BCUT2D eigenvalue weighted by Crippen LogP contribution is 2.22. The number of aromatic nitrogens is 2. The quantitative estimate of drug-likeness (QED) is 0.677. The number of nitrogens with zero attached hydrogens (tertiary/aromatic N) is 4. The first-order valence-corrected chi connectivity index (χ1v) is 4.46. The fraction of sp³-hybridized carbons (Fsp3) is 0.500. The number of rotatable bonds is 1. The third-order valence-electron chi connectivity index (χ3n) is 1.82. The first-order chi connectivity index (χ1) is 6.20. The molecule has 1 aromatic rings. The molecule has 6 nitrogen and oxygen atoms in total. The van der Waals surface area contributed by atoms with Crippen LogP contribution in [0.15, 0.2) is 6.33 Å². The van der Waals surface area contributed by atoms with Crippen LogP contribution in [0.3, 0.4) is 0 Å². The standard InChI is InChI=1S/C6H8N4O2S/c1-9-2-4(11)10(6(9)12)5-7-3-8-13-5/h3-4,11H,2H2,1H3. The molecule has 0 spiro atoms. The van der Waals surface area contributed by atoms with Gasteiger partial charge in [-0.15, -0.1) is 0 Å². The molecule has 1 N–H and O–H groups in total. The van der Waals surface area contributed by atoms with Crippen molar-refractivity contribution in [1.82, 2.24) is 14.3 Å². The summed E-state index contributed by atoms with van der Waals surface area (Å²) in [5.74, 6) is 0. The zero-order valence-corrected chi connectivity index (χ0v) is 7.73. The lowest BCUT2D eigenvalue weighted by Gasteiger charge is -2.13. The highest BCUT2D eigenvalue weighted by Gasteiger charge is 2.36. The van der Waals surface area contributed by atoms with E-state index in [1.54, 1.807) is 7.05 Å². The number of aliphatic hydroxyl groups excluding tert-OH is 1. The van der Waals surface area contributed by atoms with Crippen LogP contribution < -0.4 is 4.90 Å². The number of anilines is 1. The van der Waals surface area contributed by atoms with E-state index in [4.69, 9.17) is 0 Å². The lowest BCUT2D eigenvalue weighted by atomic mass is 10.5. The molecule has 1 atom stereocenters. The largest absolute Gasteiger partial charge is 0.371 e. The Morgan fingerprint density at radius 2 is 2.54 bits per heavy atom. The number of hydrogen-bond acceptors (Lipinski definition) is 5. The molecular weight excluding hydrogens is 192 g/mol. The van der Waals surface area contributed by atoms with Crippen LogP contribution in [0.2, 0.25) is 0 Å². The maximum Gasteiger partial charge on any atom is 0.328 e. The second kappa shape index (κ2) is 2.93. The van der Waals surface area contributed by atoms with Gasteiger partial charge in [-0.05, 0) is 0 Å². The number of amides is 2. The van der Waals surface area contributed by atoms with Gasteiger partial charge in [0.25, 0.3) is 0 Å². The van der Waals surface area contributed by atoms with Crippen molar-refractivity contribution in [3.05, 3.63) is 6.33 Å². The molecule has 2 amide bonds. The van der Waals surface area contributed by atoms with Crippen LogP contribution in [0.5, 0.6) is 0 Å². The number of carbonyl (C=O) groups excluding carboxylic acids is 1. The molecule has 13 heavy (non-hydrogen) atoms. The molecule has 1 aliphatic heterocycles. The number of likely N-dealkylation sites (N-methyl/N-ethyl adjacent to an activating group) is 1. The molecule has 0 aliphatic carbocycles. The smallest absolute Gasteiger partial charge is 0.328 e. The molecule has 0 bridgehead atoms. The molecule has 0 radical (unpaired) electrons. The van der Waals surface area contributed by atoms with Crippen LogP contribution in [0.4, 0.5) is 9.93 Å². The number of β-amino-alcohol motifs (C(OH)–C–C–N with tert-alkyl or cyclic N) is 1. The summed E-state index contributed by atoms with van der Waals surface area (Å²) in [7, 11) is 1.63. The fourth-order valence-corrected chi connectivity index (χ4v) is 1.77. The van der Waals surface area contributed by atoms with Gasteiger partial charge >= 0.3 is 6.03 Å². The van der Waals surface area contributed by atoms with Crippen molar-refractivity contribution in [3.8, 4) is 0 Å². The van der Waals surface area contributed by atoms with Gasteiger partial charge in [-0.2, -0.15) is 4.37 Å². The lowest BCUT2D eigenvalue weighted by molar-refractivity contribution is 0.183. The minimum absolute atomic E-state index is 0.246. The van der Waals surface area contributed by atoms with Gasteiger partial charge in [0, 0.05) is 18.6 Å².